The highest BCUT2D eigenvalue weighted by molar-refractivity contribution is 7.89. The van der Waals surface area contributed by atoms with E-state index in [4.69, 9.17) is 9.47 Å². The normalized spacial score (nSPS) is 16.5. The van der Waals surface area contributed by atoms with Crippen molar-refractivity contribution in [3.05, 3.63) is 78.1 Å². The Bertz CT molecular complexity index is 1260. The van der Waals surface area contributed by atoms with E-state index in [0.29, 0.717) is 23.7 Å². The summed E-state index contributed by atoms with van der Waals surface area (Å²) >= 11 is 0. The first-order chi connectivity index (χ1) is 16.9. The molecule has 0 radical (unpaired) electrons. The quantitative estimate of drug-likeness (QED) is 0.503. The lowest BCUT2D eigenvalue weighted by Crippen LogP contribution is -2.38. The Morgan fingerprint density at radius 3 is 2.51 bits per heavy atom. The number of methoxy groups -OCH3 is 2. The molecule has 1 amide bonds. The summed E-state index contributed by atoms with van der Waals surface area (Å²) in [6.45, 7) is 0.464. The van der Waals surface area contributed by atoms with Crippen LogP contribution in [0.2, 0.25) is 0 Å². The molecule has 0 aliphatic carbocycles. The molecule has 1 fully saturated rings. The van der Waals surface area contributed by atoms with E-state index in [0.717, 1.165) is 30.4 Å². The molecule has 8 nitrogen and oxygen atoms in total. The number of hydrogen-bond donors (Lipinski definition) is 1. The van der Waals surface area contributed by atoms with Gasteiger partial charge in [-0.25, -0.2) is 8.42 Å². The zero-order valence-electron chi connectivity index (χ0n) is 19.8. The Balaban J connectivity index is 1.45. The fraction of sp³-hybridized carbons (Fsp3) is 0.308. The number of nitrogens with one attached hydrogen (secondary N) is 1. The number of carbonyl (C=O) groups is 1. The number of aromatic nitrogens is 1. The topological polar surface area (TPSA) is 97.8 Å². The van der Waals surface area contributed by atoms with Gasteiger partial charge in [-0.1, -0.05) is 18.6 Å². The number of hydrogen-bond acceptors (Lipinski definition) is 6. The van der Waals surface area contributed by atoms with E-state index in [1.165, 1.54) is 12.1 Å². The summed E-state index contributed by atoms with van der Waals surface area (Å²) in [6.07, 6.45) is 6.10. The Morgan fingerprint density at radius 1 is 1.06 bits per heavy atom. The molecule has 1 aliphatic heterocycles. The van der Waals surface area contributed by atoms with Crippen molar-refractivity contribution in [3.8, 4) is 11.5 Å². The molecule has 9 heteroatoms. The third-order valence-corrected chi connectivity index (χ3v) is 8.00. The number of sulfonamides is 1. The van der Waals surface area contributed by atoms with Gasteiger partial charge < -0.3 is 14.8 Å². The zero-order valence-corrected chi connectivity index (χ0v) is 20.6. The first kappa shape index (κ1) is 24.7. The minimum atomic E-state index is -3.70. The van der Waals surface area contributed by atoms with Crippen LogP contribution in [0.25, 0.3) is 0 Å². The number of piperidine rings is 1. The maximum atomic E-state index is 13.5. The smallest absolute Gasteiger partial charge is 0.243 e. The van der Waals surface area contributed by atoms with Gasteiger partial charge in [0.1, 0.15) is 0 Å². The van der Waals surface area contributed by atoms with Gasteiger partial charge in [-0.2, -0.15) is 4.31 Å². The van der Waals surface area contributed by atoms with E-state index >= 15 is 0 Å². The maximum Gasteiger partial charge on any atom is 0.243 e. The van der Waals surface area contributed by atoms with E-state index in [1.807, 2.05) is 12.1 Å². The fourth-order valence-corrected chi connectivity index (χ4v) is 6.01. The average molecular weight is 496 g/mol. The number of nitrogens with zero attached hydrogens (tertiary/aromatic N) is 2. The van der Waals surface area contributed by atoms with Crippen molar-refractivity contribution in [2.24, 2.45) is 0 Å². The second-order valence-corrected chi connectivity index (χ2v) is 10.2. The minimum absolute atomic E-state index is 0.140. The van der Waals surface area contributed by atoms with Crippen LogP contribution >= 0.6 is 0 Å². The number of carbonyl (C=O) groups excluding carboxylic acids is 1. The molecule has 2 aromatic carbocycles. The van der Waals surface area contributed by atoms with Crippen LogP contribution in [0.15, 0.2) is 71.9 Å². The third kappa shape index (κ3) is 5.63. The third-order valence-electron chi connectivity index (χ3n) is 6.08. The SMILES string of the molecule is COc1ccc(CC(=O)Nc2ccc(S(=O)(=O)N3CCCCC3c3cccnc3)cc2)cc1OC. The Morgan fingerprint density at radius 2 is 1.83 bits per heavy atom. The van der Waals surface area contributed by atoms with Crippen LogP contribution < -0.4 is 14.8 Å². The molecule has 1 unspecified atom stereocenters. The highest BCUT2D eigenvalue weighted by Gasteiger charge is 2.34. The van der Waals surface area contributed by atoms with Gasteiger partial charge in [0.05, 0.1) is 31.6 Å². The fourth-order valence-electron chi connectivity index (χ4n) is 4.33. The summed E-state index contributed by atoms with van der Waals surface area (Å²) in [7, 11) is -0.605. The van der Waals surface area contributed by atoms with E-state index in [-0.39, 0.29) is 23.3 Å². The lowest BCUT2D eigenvalue weighted by Gasteiger charge is -2.34. The van der Waals surface area contributed by atoms with Crippen molar-refractivity contribution in [1.82, 2.24) is 9.29 Å². The number of rotatable bonds is 8. The van der Waals surface area contributed by atoms with Crippen molar-refractivity contribution >= 4 is 21.6 Å². The first-order valence-corrected chi connectivity index (χ1v) is 12.9. The molecule has 0 saturated carbocycles. The summed E-state index contributed by atoms with van der Waals surface area (Å²) in [5.41, 5.74) is 2.19. The molecule has 1 aromatic heterocycles. The minimum Gasteiger partial charge on any atom is -0.493 e. The molecule has 1 N–H and O–H groups in total. The largest absolute Gasteiger partial charge is 0.493 e. The number of pyridine rings is 1. The van der Waals surface area contributed by atoms with Crippen LogP contribution in [0.4, 0.5) is 5.69 Å². The van der Waals surface area contributed by atoms with Crippen molar-refractivity contribution < 1.29 is 22.7 Å². The number of amides is 1. The molecule has 0 bridgehead atoms. The first-order valence-electron chi connectivity index (χ1n) is 11.4. The monoisotopic (exact) mass is 495 g/mol. The molecule has 0 spiro atoms. The van der Waals surface area contributed by atoms with Crippen molar-refractivity contribution in [1.29, 1.82) is 0 Å². The number of anilines is 1. The summed E-state index contributed by atoms with van der Waals surface area (Å²) in [6, 6.07) is 15.1. The van der Waals surface area contributed by atoms with Crippen molar-refractivity contribution in [2.45, 2.75) is 36.6 Å². The molecule has 4 rings (SSSR count). The molecule has 2 heterocycles. The average Bonchev–Trinajstić information content (AvgIpc) is 2.89. The van der Waals surface area contributed by atoms with Crippen LogP contribution in [-0.2, 0) is 21.2 Å². The molecular formula is C26H29N3O5S. The Kier molecular flexibility index (Phi) is 7.67. The van der Waals surface area contributed by atoms with E-state index in [9.17, 15) is 13.2 Å². The Hall–Kier alpha value is -3.43. The van der Waals surface area contributed by atoms with E-state index < -0.39 is 10.0 Å². The summed E-state index contributed by atoms with van der Waals surface area (Å²) in [4.78, 5) is 16.9. The number of ether oxygens (including phenoxy) is 2. The van der Waals surface area contributed by atoms with Crippen LogP contribution in [0, 0.1) is 0 Å². The lowest BCUT2D eigenvalue weighted by atomic mass is 9.99. The summed E-state index contributed by atoms with van der Waals surface area (Å²) in [5.74, 6) is 0.920. The van der Waals surface area contributed by atoms with E-state index in [2.05, 4.69) is 10.3 Å². The van der Waals surface area contributed by atoms with Crippen LogP contribution in [0.5, 0.6) is 11.5 Å². The number of benzene rings is 2. The van der Waals surface area contributed by atoms with Crippen LogP contribution in [0.3, 0.4) is 0 Å². The van der Waals surface area contributed by atoms with Crippen molar-refractivity contribution in [2.75, 3.05) is 26.1 Å². The predicted molar refractivity (Wildman–Crippen MR) is 133 cm³/mol. The molecular weight excluding hydrogens is 466 g/mol. The molecule has 1 atom stereocenters. The summed E-state index contributed by atoms with van der Waals surface area (Å²) < 4.78 is 39.0. The van der Waals surface area contributed by atoms with Gasteiger partial charge >= 0.3 is 0 Å². The highest BCUT2D eigenvalue weighted by Crippen LogP contribution is 2.35. The Labute approximate surface area is 206 Å². The van der Waals surface area contributed by atoms with Gasteiger partial charge in [0, 0.05) is 24.6 Å². The molecule has 1 saturated heterocycles. The predicted octanol–water partition coefficient (Wildman–Crippen LogP) is 4.20. The second kappa shape index (κ2) is 10.9. The molecule has 184 valence electrons. The standard InChI is InChI=1S/C26H29N3O5S/c1-33-24-13-8-19(16-25(24)34-2)17-26(30)28-21-9-11-22(12-10-21)35(31,32)29-15-4-3-7-23(29)20-6-5-14-27-18-20/h5-6,8-14,16,18,23H,3-4,7,15,17H2,1-2H3,(H,28,30). The second-order valence-electron chi connectivity index (χ2n) is 8.35. The molecule has 1 aliphatic rings. The highest BCUT2D eigenvalue weighted by atomic mass is 32.2. The van der Waals surface area contributed by atoms with Gasteiger partial charge in [-0.15, -0.1) is 0 Å². The van der Waals surface area contributed by atoms with Gasteiger partial charge in [0.2, 0.25) is 15.9 Å². The van der Waals surface area contributed by atoms with Crippen LogP contribution in [-0.4, -0.2) is 44.4 Å². The zero-order chi connectivity index (χ0) is 24.8. The van der Waals surface area contributed by atoms with Crippen LogP contribution in [0.1, 0.15) is 36.4 Å². The van der Waals surface area contributed by atoms with Gasteiger partial charge in [0.25, 0.3) is 0 Å². The molecule has 3 aromatic rings. The van der Waals surface area contributed by atoms with Crippen molar-refractivity contribution in [3.63, 3.8) is 0 Å². The lowest BCUT2D eigenvalue weighted by molar-refractivity contribution is -0.115. The maximum absolute atomic E-state index is 13.5. The van der Waals surface area contributed by atoms with E-state index in [1.54, 1.807) is 61.3 Å². The van der Waals surface area contributed by atoms with Gasteiger partial charge in [0.15, 0.2) is 11.5 Å². The summed E-state index contributed by atoms with van der Waals surface area (Å²) in [5, 5.41) is 2.82. The van der Waals surface area contributed by atoms with Gasteiger partial charge in [-0.3, -0.25) is 9.78 Å². The van der Waals surface area contributed by atoms with Gasteiger partial charge in [-0.05, 0) is 66.4 Å². The molecule has 35 heavy (non-hydrogen) atoms.